The van der Waals surface area contributed by atoms with Gasteiger partial charge in [-0.05, 0) is 29.7 Å². The van der Waals surface area contributed by atoms with E-state index in [0.717, 1.165) is 11.3 Å². The predicted octanol–water partition coefficient (Wildman–Crippen LogP) is 3.63. The molecule has 3 nitrogen and oxygen atoms in total. The van der Waals surface area contributed by atoms with Crippen molar-refractivity contribution in [2.75, 3.05) is 0 Å². The van der Waals surface area contributed by atoms with Crippen molar-refractivity contribution >= 4 is 0 Å². The van der Waals surface area contributed by atoms with Gasteiger partial charge in [0, 0.05) is 18.8 Å². The number of nitrogens with zero attached hydrogens (tertiary/aromatic N) is 2. The van der Waals surface area contributed by atoms with E-state index in [4.69, 9.17) is 0 Å². The summed E-state index contributed by atoms with van der Waals surface area (Å²) in [5.41, 5.74) is 2.40. The molecule has 1 N–H and O–H groups in total. The van der Waals surface area contributed by atoms with Gasteiger partial charge in [-0.15, -0.1) is 0 Å². The Morgan fingerprint density at radius 1 is 1.20 bits per heavy atom. The standard InChI is InChI=1S/C16H22FN3/c1-11(2)15-7-8-20(19-15)16-6-5-13(9-14(16)17)10-18-12(3)4/h5-9,11-12,18H,10H2,1-4H3. The van der Waals surface area contributed by atoms with Gasteiger partial charge in [0.2, 0.25) is 0 Å². The number of aromatic nitrogens is 2. The molecule has 0 spiro atoms. The smallest absolute Gasteiger partial charge is 0.149 e. The Morgan fingerprint density at radius 2 is 1.95 bits per heavy atom. The molecule has 1 heterocycles. The second kappa shape index (κ2) is 6.18. The third-order valence-corrected chi connectivity index (χ3v) is 3.17. The van der Waals surface area contributed by atoms with Crippen LogP contribution in [0.5, 0.6) is 0 Å². The van der Waals surface area contributed by atoms with E-state index in [1.54, 1.807) is 23.0 Å². The largest absolute Gasteiger partial charge is 0.310 e. The van der Waals surface area contributed by atoms with Crippen molar-refractivity contribution in [1.29, 1.82) is 0 Å². The monoisotopic (exact) mass is 275 g/mol. The lowest BCUT2D eigenvalue weighted by atomic mass is 10.1. The Kier molecular flexibility index (Phi) is 4.55. The molecule has 0 radical (unpaired) electrons. The van der Waals surface area contributed by atoms with E-state index < -0.39 is 0 Å². The van der Waals surface area contributed by atoms with Crippen molar-refractivity contribution in [3.05, 3.63) is 47.5 Å². The number of hydrogen-bond donors (Lipinski definition) is 1. The van der Waals surface area contributed by atoms with Gasteiger partial charge < -0.3 is 5.32 Å². The van der Waals surface area contributed by atoms with Crippen LogP contribution in [0.25, 0.3) is 5.69 Å². The van der Waals surface area contributed by atoms with E-state index in [-0.39, 0.29) is 5.82 Å². The molecule has 0 bridgehead atoms. The predicted molar refractivity (Wildman–Crippen MR) is 79.6 cm³/mol. The van der Waals surface area contributed by atoms with E-state index in [1.807, 2.05) is 12.1 Å². The van der Waals surface area contributed by atoms with Crippen LogP contribution in [0.2, 0.25) is 0 Å². The van der Waals surface area contributed by atoms with Crippen molar-refractivity contribution in [2.45, 2.75) is 46.2 Å². The molecular formula is C16H22FN3. The molecule has 0 saturated carbocycles. The molecule has 0 aliphatic heterocycles. The summed E-state index contributed by atoms with van der Waals surface area (Å²) >= 11 is 0. The molecule has 4 heteroatoms. The number of benzene rings is 1. The number of rotatable bonds is 5. The van der Waals surface area contributed by atoms with Gasteiger partial charge in [-0.25, -0.2) is 9.07 Å². The van der Waals surface area contributed by atoms with Crippen molar-refractivity contribution in [3.63, 3.8) is 0 Å². The molecule has 1 aromatic carbocycles. The van der Waals surface area contributed by atoms with Gasteiger partial charge in [0.15, 0.2) is 0 Å². The van der Waals surface area contributed by atoms with Crippen LogP contribution >= 0.6 is 0 Å². The molecule has 0 saturated heterocycles. The summed E-state index contributed by atoms with van der Waals surface area (Å²) in [7, 11) is 0. The highest BCUT2D eigenvalue weighted by molar-refractivity contribution is 5.36. The Bertz CT molecular complexity index is 573. The Balaban J connectivity index is 2.20. The fourth-order valence-corrected chi connectivity index (χ4v) is 1.95. The topological polar surface area (TPSA) is 29.9 Å². The average molecular weight is 275 g/mol. The van der Waals surface area contributed by atoms with Crippen LogP contribution in [0.4, 0.5) is 4.39 Å². The van der Waals surface area contributed by atoms with Crippen molar-refractivity contribution in [1.82, 2.24) is 15.1 Å². The van der Waals surface area contributed by atoms with Gasteiger partial charge >= 0.3 is 0 Å². The summed E-state index contributed by atoms with van der Waals surface area (Å²) < 4.78 is 15.8. The Morgan fingerprint density at radius 3 is 2.50 bits per heavy atom. The Hall–Kier alpha value is -1.68. The lowest BCUT2D eigenvalue weighted by Crippen LogP contribution is -2.21. The van der Waals surface area contributed by atoms with Crippen LogP contribution in [0, 0.1) is 5.82 Å². The molecule has 1 aromatic heterocycles. The SMILES string of the molecule is CC(C)NCc1ccc(-n2ccc(C(C)C)n2)c(F)c1. The first-order valence-corrected chi connectivity index (χ1v) is 7.05. The van der Waals surface area contributed by atoms with E-state index in [2.05, 4.69) is 38.1 Å². The molecule has 0 aliphatic carbocycles. The summed E-state index contributed by atoms with van der Waals surface area (Å²) in [5, 5.41) is 7.68. The van der Waals surface area contributed by atoms with Gasteiger partial charge in [-0.1, -0.05) is 33.8 Å². The summed E-state index contributed by atoms with van der Waals surface area (Å²) in [6.07, 6.45) is 1.81. The molecular weight excluding hydrogens is 253 g/mol. The first kappa shape index (κ1) is 14.7. The van der Waals surface area contributed by atoms with Crippen molar-refractivity contribution in [3.8, 4) is 5.69 Å². The summed E-state index contributed by atoms with van der Waals surface area (Å²) in [5.74, 6) is 0.0975. The second-order valence-corrected chi connectivity index (χ2v) is 5.66. The van der Waals surface area contributed by atoms with Gasteiger partial charge in [-0.3, -0.25) is 0 Å². The maximum absolute atomic E-state index is 14.2. The molecule has 108 valence electrons. The van der Waals surface area contributed by atoms with Gasteiger partial charge in [0.05, 0.1) is 5.69 Å². The second-order valence-electron chi connectivity index (χ2n) is 5.66. The maximum Gasteiger partial charge on any atom is 0.149 e. The lowest BCUT2D eigenvalue weighted by molar-refractivity contribution is 0.577. The van der Waals surface area contributed by atoms with E-state index in [1.165, 1.54) is 0 Å². The zero-order valence-electron chi connectivity index (χ0n) is 12.5. The third kappa shape index (κ3) is 3.45. The Labute approximate surface area is 119 Å². The third-order valence-electron chi connectivity index (χ3n) is 3.17. The summed E-state index contributed by atoms with van der Waals surface area (Å²) in [4.78, 5) is 0. The fraction of sp³-hybridized carbons (Fsp3) is 0.438. The molecule has 20 heavy (non-hydrogen) atoms. The lowest BCUT2D eigenvalue weighted by Gasteiger charge is -2.10. The van der Waals surface area contributed by atoms with Crippen LogP contribution in [0.1, 0.15) is 44.9 Å². The normalized spacial score (nSPS) is 11.6. The van der Waals surface area contributed by atoms with Gasteiger partial charge in [0.25, 0.3) is 0 Å². The van der Waals surface area contributed by atoms with Crippen LogP contribution in [0.3, 0.4) is 0 Å². The van der Waals surface area contributed by atoms with Crippen molar-refractivity contribution < 1.29 is 4.39 Å². The fourth-order valence-electron chi connectivity index (χ4n) is 1.95. The van der Waals surface area contributed by atoms with Crippen LogP contribution in [0.15, 0.2) is 30.5 Å². The highest BCUT2D eigenvalue weighted by atomic mass is 19.1. The molecule has 0 atom stereocenters. The summed E-state index contributed by atoms with van der Waals surface area (Å²) in [6.45, 7) is 8.96. The molecule has 0 unspecified atom stereocenters. The van der Waals surface area contributed by atoms with E-state index >= 15 is 0 Å². The van der Waals surface area contributed by atoms with Gasteiger partial charge in [-0.2, -0.15) is 5.10 Å². The number of hydrogen-bond acceptors (Lipinski definition) is 2. The maximum atomic E-state index is 14.2. The minimum Gasteiger partial charge on any atom is -0.310 e. The number of nitrogens with one attached hydrogen (secondary N) is 1. The van der Waals surface area contributed by atoms with Crippen molar-refractivity contribution in [2.24, 2.45) is 0 Å². The van der Waals surface area contributed by atoms with E-state index in [0.29, 0.717) is 24.2 Å². The molecule has 0 fully saturated rings. The molecule has 2 aromatic rings. The van der Waals surface area contributed by atoms with Crippen LogP contribution < -0.4 is 5.32 Å². The zero-order valence-corrected chi connectivity index (χ0v) is 12.5. The average Bonchev–Trinajstić information content (AvgIpc) is 2.86. The highest BCUT2D eigenvalue weighted by Gasteiger charge is 2.09. The minimum atomic E-state index is -0.244. The number of halogens is 1. The van der Waals surface area contributed by atoms with Crippen LogP contribution in [-0.2, 0) is 6.54 Å². The van der Waals surface area contributed by atoms with Gasteiger partial charge in [0.1, 0.15) is 11.5 Å². The van der Waals surface area contributed by atoms with Crippen LogP contribution in [-0.4, -0.2) is 15.8 Å². The minimum absolute atomic E-state index is 0.244. The molecule has 0 aliphatic rings. The quantitative estimate of drug-likeness (QED) is 0.903. The zero-order chi connectivity index (χ0) is 14.7. The molecule has 2 rings (SSSR count). The first-order valence-electron chi connectivity index (χ1n) is 7.05. The summed E-state index contributed by atoms with van der Waals surface area (Å²) in [6, 6.07) is 7.60. The first-order chi connectivity index (χ1) is 9.47. The molecule has 0 amide bonds. The van der Waals surface area contributed by atoms with E-state index in [9.17, 15) is 4.39 Å². The highest BCUT2D eigenvalue weighted by Crippen LogP contribution is 2.17.